The molecule has 0 aliphatic heterocycles. The zero-order chi connectivity index (χ0) is 15.8. The minimum Gasteiger partial charge on any atom is -0.480 e. The molecule has 0 spiro atoms. The maximum Gasteiger partial charge on any atom is 0.320 e. The van der Waals surface area contributed by atoms with E-state index in [9.17, 15) is 9.90 Å². The highest BCUT2D eigenvalue weighted by molar-refractivity contribution is 5.73. The molecule has 0 aromatic heterocycles. The summed E-state index contributed by atoms with van der Waals surface area (Å²) in [5, 5.41) is 12.4. The predicted octanol–water partition coefficient (Wildman–Crippen LogP) is 5.14. The molecule has 0 aromatic rings. The standard InChI is InChI=1S/C18H37NO2/c1-3-5-7-9-10-11-13-15-17(18(20)21)19-16-14-12-8-6-4-2/h17,19H,3-16H2,1-2H3,(H,20,21). The molecular weight excluding hydrogens is 262 g/mol. The molecule has 0 radical (unpaired) electrons. The van der Waals surface area contributed by atoms with E-state index in [1.807, 2.05) is 0 Å². The van der Waals surface area contributed by atoms with Gasteiger partial charge in [-0.15, -0.1) is 0 Å². The van der Waals surface area contributed by atoms with Gasteiger partial charge in [0.15, 0.2) is 0 Å². The van der Waals surface area contributed by atoms with Crippen LogP contribution in [-0.4, -0.2) is 23.7 Å². The van der Waals surface area contributed by atoms with Crippen LogP contribution in [-0.2, 0) is 4.79 Å². The van der Waals surface area contributed by atoms with Gasteiger partial charge in [-0.3, -0.25) is 4.79 Å². The molecule has 0 rings (SSSR count). The number of hydrogen-bond acceptors (Lipinski definition) is 2. The third kappa shape index (κ3) is 14.1. The Morgan fingerprint density at radius 3 is 1.81 bits per heavy atom. The first-order chi connectivity index (χ1) is 10.2. The Labute approximate surface area is 131 Å². The normalized spacial score (nSPS) is 12.5. The zero-order valence-electron chi connectivity index (χ0n) is 14.3. The average molecular weight is 299 g/mol. The van der Waals surface area contributed by atoms with Crippen LogP contribution in [0, 0.1) is 0 Å². The Balaban J connectivity index is 3.52. The number of rotatable bonds is 16. The third-order valence-electron chi connectivity index (χ3n) is 4.07. The summed E-state index contributed by atoms with van der Waals surface area (Å²) in [6.45, 7) is 5.28. The third-order valence-corrected chi connectivity index (χ3v) is 4.07. The quantitative estimate of drug-likeness (QED) is 0.388. The highest BCUT2D eigenvalue weighted by Crippen LogP contribution is 2.10. The second-order valence-corrected chi connectivity index (χ2v) is 6.17. The van der Waals surface area contributed by atoms with Crippen LogP contribution in [0.3, 0.4) is 0 Å². The molecule has 126 valence electrons. The molecule has 3 heteroatoms. The molecule has 0 aromatic carbocycles. The van der Waals surface area contributed by atoms with Crippen molar-refractivity contribution in [2.24, 2.45) is 0 Å². The largest absolute Gasteiger partial charge is 0.480 e. The SMILES string of the molecule is CCCCCCCCCC(NCCCCCCC)C(=O)O. The number of hydrogen-bond donors (Lipinski definition) is 2. The van der Waals surface area contributed by atoms with Crippen LogP contribution in [0.15, 0.2) is 0 Å². The molecule has 3 nitrogen and oxygen atoms in total. The molecule has 0 saturated heterocycles. The van der Waals surface area contributed by atoms with Gasteiger partial charge in [0, 0.05) is 0 Å². The van der Waals surface area contributed by atoms with E-state index in [1.165, 1.54) is 64.2 Å². The van der Waals surface area contributed by atoms with Crippen LogP contribution in [0.4, 0.5) is 0 Å². The summed E-state index contributed by atoms with van der Waals surface area (Å²) in [6, 6.07) is -0.341. The van der Waals surface area contributed by atoms with E-state index in [0.717, 1.165) is 25.8 Å². The van der Waals surface area contributed by atoms with Crippen molar-refractivity contribution >= 4 is 5.97 Å². The van der Waals surface area contributed by atoms with Gasteiger partial charge in [-0.05, 0) is 19.4 Å². The van der Waals surface area contributed by atoms with Crippen LogP contribution >= 0.6 is 0 Å². The van der Waals surface area contributed by atoms with Gasteiger partial charge in [-0.2, -0.15) is 0 Å². The molecule has 0 saturated carbocycles. The summed E-state index contributed by atoms with van der Waals surface area (Å²) < 4.78 is 0. The van der Waals surface area contributed by atoms with Crippen molar-refractivity contribution in [3.8, 4) is 0 Å². The predicted molar refractivity (Wildman–Crippen MR) is 90.8 cm³/mol. The molecule has 0 heterocycles. The number of carboxylic acids is 1. The molecule has 0 fully saturated rings. The molecule has 2 N–H and O–H groups in total. The summed E-state index contributed by atoms with van der Waals surface area (Å²) in [5.41, 5.74) is 0. The first-order valence-electron chi connectivity index (χ1n) is 9.18. The number of aliphatic carboxylic acids is 1. The van der Waals surface area contributed by atoms with E-state index in [4.69, 9.17) is 0 Å². The monoisotopic (exact) mass is 299 g/mol. The van der Waals surface area contributed by atoms with Crippen molar-refractivity contribution in [1.82, 2.24) is 5.32 Å². The maximum absolute atomic E-state index is 11.2. The lowest BCUT2D eigenvalue weighted by Gasteiger charge is -2.14. The first kappa shape index (κ1) is 20.4. The molecule has 21 heavy (non-hydrogen) atoms. The lowest BCUT2D eigenvalue weighted by atomic mass is 10.0. The van der Waals surface area contributed by atoms with Crippen molar-refractivity contribution in [2.75, 3.05) is 6.54 Å². The molecule has 1 unspecified atom stereocenters. The van der Waals surface area contributed by atoms with Crippen LogP contribution in [0.2, 0.25) is 0 Å². The maximum atomic E-state index is 11.2. The van der Waals surface area contributed by atoms with Crippen molar-refractivity contribution < 1.29 is 9.90 Å². The van der Waals surface area contributed by atoms with Gasteiger partial charge < -0.3 is 10.4 Å². The number of unbranched alkanes of at least 4 members (excludes halogenated alkanes) is 10. The Morgan fingerprint density at radius 2 is 1.29 bits per heavy atom. The summed E-state index contributed by atoms with van der Waals surface area (Å²) in [7, 11) is 0. The van der Waals surface area contributed by atoms with E-state index in [1.54, 1.807) is 0 Å². The van der Waals surface area contributed by atoms with Crippen LogP contribution in [0.25, 0.3) is 0 Å². The fraction of sp³-hybridized carbons (Fsp3) is 0.944. The van der Waals surface area contributed by atoms with E-state index < -0.39 is 5.97 Å². The Morgan fingerprint density at radius 1 is 0.810 bits per heavy atom. The van der Waals surface area contributed by atoms with Crippen molar-refractivity contribution in [2.45, 2.75) is 103 Å². The lowest BCUT2D eigenvalue weighted by Crippen LogP contribution is -2.37. The molecule has 0 aliphatic rings. The van der Waals surface area contributed by atoms with Gasteiger partial charge in [0.25, 0.3) is 0 Å². The molecule has 0 bridgehead atoms. The van der Waals surface area contributed by atoms with E-state index in [-0.39, 0.29) is 6.04 Å². The first-order valence-corrected chi connectivity index (χ1v) is 9.18. The molecule has 1 atom stereocenters. The van der Waals surface area contributed by atoms with Gasteiger partial charge in [0.2, 0.25) is 0 Å². The topological polar surface area (TPSA) is 49.3 Å². The minimum absolute atomic E-state index is 0.341. The van der Waals surface area contributed by atoms with Crippen LogP contribution < -0.4 is 5.32 Å². The number of nitrogens with one attached hydrogen (secondary N) is 1. The number of carbonyl (C=O) groups is 1. The zero-order valence-corrected chi connectivity index (χ0v) is 14.3. The van der Waals surface area contributed by atoms with Gasteiger partial charge >= 0.3 is 5.97 Å². The smallest absolute Gasteiger partial charge is 0.320 e. The van der Waals surface area contributed by atoms with Crippen molar-refractivity contribution in [1.29, 1.82) is 0 Å². The highest BCUT2D eigenvalue weighted by atomic mass is 16.4. The number of carboxylic acid groups (broad SMARTS) is 1. The minimum atomic E-state index is -0.686. The lowest BCUT2D eigenvalue weighted by molar-refractivity contribution is -0.139. The Bertz CT molecular complexity index is 231. The van der Waals surface area contributed by atoms with Crippen molar-refractivity contribution in [3.63, 3.8) is 0 Å². The van der Waals surface area contributed by atoms with Gasteiger partial charge in [0.05, 0.1) is 0 Å². The molecule has 0 aliphatic carbocycles. The molecule has 0 amide bonds. The van der Waals surface area contributed by atoms with Crippen LogP contribution in [0.5, 0.6) is 0 Å². The Hall–Kier alpha value is -0.570. The van der Waals surface area contributed by atoms with E-state index in [0.29, 0.717) is 0 Å². The van der Waals surface area contributed by atoms with Gasteiger partial charge in [-0.1, -0.05) is 84.5 Å². The van der Waals surface area contributed by atoms with Gasteiger partial charge in [0.1, 0.15) is 6.04 Å². The second kappa shape index (κ2) is 15.8. The average Bonchev–Trinajstić information content (AvgIpc) is 2.47. The molecular formula is C18H37NO2. The summed E-state index contributed by atoms with van der Waals surface area (Å²) in [5.74, 6) is -0.686. The van der Waals surface area contributed by atoms with Crippen molar-refractivity contribution in [3.05, 3.63) is 0 Å². The summed E-state index contributed by atoms with van der Waals surface area (Å²) in [4.78, 5) is 11.2. The van der Waals surface area contributed by atoms with Gasteiger partial charge in [-0.25, -0.2) is 0 Å². The summed E-state index contributed by atoms with van der Waals surface area (Å²) >= 11 is 0. The van der Waals surface area contributed by atoms with E-state index in [2.05, 4.69) is 19.2 Å². The Kier molecular flexibility index (Phi) is 15.4. The fourth-order valence-corrected chi connectivity index (χ4v) is 2.62. The summed E-state index contributed by atoms with van der Waals surface area (Å²) in [6.07, 6.45) is 15.6. The fourth-order valence-electron chi connectivity index (χ4n) is 2.62. The van der Waals surface area contributed by atoms with Crippen LogP contribution in [0.1, 0.15) is 97.3 Å². The highest BCUT2D eigenvalue weighted by Gasteiger charge is 2.15. The second-order valence-electron chi connectivity index (χ2n) is 6.17. The van der Waals surface area contributed by atoms with E-state index >= 15 is 0 Å².